The van der Waals surface area contributed by atoms with Gasteiger partial charge >= 0.3 is 11.9 Å². The van der Waals surface area contributed by atoms with Gasteiger partial charge in [-0.1, -0.05) is 114 Å². The van der Waals surface area contributed by atoms with Gasteiger partial charge in [-0.3, -0.25) is 9.59 Å². The molecule has 2 aromatic carbocycles. The fraction of sp³-hybridized carbons (Fsp3) is 0.588. The summed E-state index contributed by atoms with van der Waals surface area (Å²) in [6.07, 6.45) is 9.87. The summed E-state index contributed by atoms with van der Waals surface area (Å²) in [4.78, 5) is 25.6. The maximum Gasteiger partial charge on any atom is 0.306 e. The van der Waals surface area contributed by atoms with Gasteiger partial charge in [0.25, 0.3) is 0 Å². The first kappa shape index (κ1) is 31.6. The van der Waals surface area contributed by atoms with Gasteiger partial charge in [-0.25, -0.2) is 0 Å². The molecule has 4 nitrogen and oxygen atoms in total. The number of esters is 2. The van der Waals surface area contributed by atoms with Gasteiger partial charge in [-0.2, -0.15) is 0 Å². The van der Waals surface area contributed by atoms with Crippen LogP contribution in [-0.4, -0.2) is 24.1 Å². The molecule has 4 atom stereocenters. The second kappa shape index (κ2) is 18.6. The van der Waals surface area contributed by atoms with Crippen LogP contribution in [0.2, 0.25) is 0 Å². The van der Waals surface area contributed by atoms with Crippen LogP contribution in [0.4, 0.5) is 0 Å². The second-order valence-electron chi connectivity index (χ2n) is 10.9. The Morgan fingerprint density at radius 3 is 1.32 bits per heavy atom. The van der Waals surface area contributed by atoms with E-state index in [-0.39, 0.29) is 48.8 Å². The molecule has 4 unspecified atom stereocenters. The van der Waals surface area contributed by atoms with Crippen molar-refractivity contribution in [3.63, 3.8) is 0 Å². The Bertz CT molecular complexity index is 820. The first-order valence-corrected chi connectivity index (χ1v) is 14.9. The Hall–Kier alpha value is -2.62. The molecule has 0 aromatic heterocycles. The van der Waals surface area contributed by atoms with Crippen molar-refractivity contribution in [2.24, 2.45) is 11.8 Å². The van der Waals surface area contributed by atoms with E-state index in [2.05, 4.69) is 52.0 Å². The quantitative estimate of drug-likeness (QED) is 0.137. The molecule has 0 fully saturated rings. The van der Waals surface area contributed by atoms with E-state index in [0.29, 0.717) is 0 Å². The van der Waals surface area contributed by atoms with Crippen LogP contribution in [0.15, 0.2) is 60.7 Å². The van der Waals surface area contributed by atoms with Gasteiger partial charge in [0.05, 0.1) is 12.8 Å². The molecule has 2 rings (SSSR count). The average molecular weight is 523 g/mol. The van der Waals surface area contributed by atoms with Gasteiger partial charge in [0.2, 0.25) is 0 Å². The third-order valence-corrected chi connectivity index (χ3v) is 7.35. The minimum absolute atomic E-state index is 0.0654. The fourth-order valence-electron chi connectivity index (χ4n) is 5.00. The van der Waals surface area contributed by atoms with Crippen molar-refractivity contribution >= 4 is 11.9 Å². The molecule has 0 radical (unpaired) electrons. The number of carbonyl (C=O) groups excluding carboxylic acids is 2. The van der Waals surface area contributed by atoms with Crippen LogP contribution in [0.3, 0.4) is 0 Å². The van der Waals surface area contributed by atoms with E-state index in [4.69, 9.17) is 9.47 Å². The minimum atomic E-state index is -0.303. The Balaban J connectivity index is 1.89. The topological polar surface area (TPSA) is 52.6 Å². The molecular weight excluding hydrogens is 472 g/mol. The largest absolute Gasteiger partial charge is 0.462 e. The van der Waals surface area contributed by atoms with Crippen LogP contribution in [0, 0.1) is 11.8 Å². The highest BCUT2D eigenvalue weighted by Crippen LogP contribution is 2.23. The number of rotatable bonds is 19. The van der Waals surface area contributed by atoms with Gasteiger partial charge in [-0.15, -0.1) is 0 Å². The van der Waals surface area contributed by atoms with Gasteiger partial charge in [0.15, 0.2) is 0 Å². The Kier molecular flexibility index (Phi) is 15.5. The normalized spacial score (nSPS) is 14.3. The summed E-state index contributed by atoms with van der Waals surface area (Å²) >= 11 is 0. The molecule has 4 heteroatoms. The van der Waals surface area contributed by atoms with Crippen molar-refractivity contribution in [1.82, 2.24) is 0 Å². The number of ether oxygens (including phenoxy) is 2. The number of hydrogen-bond donors (Lipinski definition) is 0. The Labute approximate surface area is 231 Å². The number of carbonyl (C=O) groups is 2. The molecule has 38 heavy (non-hydrogen) atoms. The fourth-order valence-corrected chi connectivity index (χ4v) is 5.00. The molecule has 0 N–H and O–H groups in total. The molecule has 0 amide bonds. The lowest BCUT2D eigenvalue weighted by Crippen LogP contribution is -2.29. The van der Waals surface area contributed by atoms with Crippen molar-refractivity contribution in [1.29, 1.82) is 0 Å². The third-order valence-electron chi connectivity index (χ3n) is 7.35. The minimum Gasteiger partial charge on any atom is -0.462 e. The molecule has 0 aliphatic rings. The van der Waals surface area contributed by atoms with Crippen molar-refractivity contribution < 1.29 is 19.1 Å². The van der Waals surface area contributed by atoms with Crippen LogP contribution in [0.25, 0.3) is 0 Å². The summed E-state index contributed by atoms with van der Waals surface area (Å²) in [6, 6.07) is 20.7. The Morgan fingerprint density at radius 1 is 0.605 bits per heavy atom. The van der Waals surface area contributed by atoms with E-state index in [1.165, 1.54) is 11.1 Å². The monoisotopic (exact) mass is 522 g/mol. The smallest absolute Gasteiger partial charge is 0.306 e. The SMILES string of the molecule is CCCCCC(OC(=O)CCC(=O)OC(CCCCC)C(C)Cc1ccccc1)C(C)Cc1ccccc1. The first-order chi connectivity index (χ1) is 18.4. The van der Waals surface area contributed by atoms with Crippen LogP contribution in [0.5, 0.6) is 0 Å². The van der Waals surface area contributed by atoms with Gasteiger partial charge < -0.3 is 9.47 Å². The van der Waals surface area contributed by atoms with Gasteiger partial charge in [-0.05, 0) is 61.5 Å². The van der Waals surface area contributed by atoms with E-state index < -0.39 is 0 Å². The van der Waals surface area contributed by atoms with E-state index in [9.17, 15) is 9.59 Å². The summed E-state index contributed by atoms with van der Waals surface area (Å²) in [5.41, 5.74) is 2.50. The second-order valence-corrected chi connectivity index (χ2v) is 10.9. The lowest BCUT2D eigenvalue weighted by atomic mass is 9.92. The number of hydrogen-bond acceptors (Lipinski definition) is 4. The van der Waals surface area contributed by atoms with Gasteiger partial charge in [0, 0.05) is 0 Å². The lowest BCUT2D eigenvalue weighted by Gasteiger charge is -2.25. The van der Waals surface area contributed by atoms with E-state index in [1.54, 1.807) is 0 Å². The molecule has 0 saturated carbocycles. The molecule has 0 heterocycles. The predicted molar refractivity (Wildman–Crippen MR) is 156 cm³/mol. The number of benzene rings is 2. The predicted octanol–water partition coefficient (Wildman–Crippen LogP) is 8.51. The summed E-state index contributed by atoms with van der Waals surface area (Å²) < 4.78 is 11.9. The zero-order valence-corrected chi connectivity index (χ0v) is 24.2. The molecule has 2 aromatic rings. The summed E-state index contributed by atoms with van der Waals surface area (Å²) in [5, 5.41) is 0. The van der Waals surface area contributed by atoms with E-state index in [1.807, 2.05) is 36.4 Å². The standard InChI is InChI=1S/C34H50O4/c1-5-7-11-21-31(27(3)25-29-17-13-9-14-18-29)37-33(35)23-24-34(36)38-32(22-12-8-6-2)28(4)26-30-19-15-10-16-20-30/h9-10,13-20,27-28,31-32H,5-8,11-12,21-26H2,1-4H3. The van der Waals surface area contributed by atoms with Crippen LogP contribution in [0.1, 0.15) is 103 Å². The molecule has 0 aliphatic carbocycles. The molecule has 0 spiro atoms. The highest BCUT2D eigenvalue weighted by molar-refractivity contribution is 5.77. The van der Waals surface area contributed by atoms with E-state index in [0.717, 1.165) is 64.2 Å². The molecular formula is C34H50O4. The molecule has 0 bridgehead atoms. The lowest BCUT2D eigenvalue weighted by molar-refractivity contribution is -0.159. The van der Waals surface area contributed by atoms with Crippen molar-refractivity contribution in [2.45, 2.75) is 117 Å². The van der Waals surface area contributed by atoms with Gasteiger partial charge in [0.1, 0.15) is 12.2 Å². The highest BCUT2D eigenvalue weighted by Gasteiger charge is 2.25. The average Bonchev–Trinajstić information content (AvgIpc) is 2.92. The maximum atomic E-state index is 12.8. The molecule has 0 saturated heterocycles. The summed E-state index contributed by atoms with van der Waals surface area (Å²) in [6.45, 7) is 8.66. The number of unbranched alkanes of at least 4 members (excludes halogenated alkanes) is 4. The zero-order valence-electron chi connectivity index (χ0n) is 24.2. The highest BCUT2D eigenvalue weighted by atomic mass is 16.6. The van der Waals surface area contributed by atoms with Crippen LogP contribution < -0.4 is 0 Å². The van der Waals surface area contributed by atoms with Crippen molar-refractivity contribution in [3.8, 4) is 0 Å². The zero-order chi connectivity index (χ0) is 27.6. The summed E-state index contributed by atoms with van der Waals surface area (Å²) in [7, 11) is 0. The summed E-state index contributed by atoms with van der Waals surface area (Å²) in [5.74, 6) is -0.176. The molecule has 210 valence electrons. The third kappa shape index (κ3) is 12.8. The van der Waals surface area contributed by atoms with Crippen LogP contribution in [-0.2, 0) is 31.9 Å². The van der Waals surface area contributed by atoms with E-state index >= 15 is 0 Å². The maximum absolute atomic E-state index is 12.8. The van der Waals surface area contributed by atoms with Crippen molar-refractivity contribution in [2.75, 3.05) is 0 Å². The molecule has 0 aliphatic heterocycles. The van der Waals surface area contributed by atoms with Crippen LogP contribution >= 0.6 is 0 Å². The van der Waals surface area contributed by atoms with Crippen molar-refractivity contribution in [3.05, 3.63) is 71.8 Å². The first-order valence-electron chi connectivity index (χ1n) is 14.9. The Morgan fingerprint density at radius 2 is 0.974 bits per heavy atom.